The Morgan fingerprint density at radius 3 is 2.31 bits per heavy atom. The lowest BCUT2D eigenvalue weighted by Gasteiger charge is -2.09. The molecule has 0 radical (unpaired) electrons. The summed E-state index contributed by atoms with van der Waals surface area (Å²) in [6.07, 6.45) is 0.635. The summed E-state index contributed by atoms with van der Waals surface area (Å²) in [4.78, 5) is 23.9. The van der Waals surface area contributed by atoms with Crippen LogP contribution in [0.15, 0.2) is 36.4 Å². The maximum atomic E-state index is 12.1. The molecule has 0 saturated heterocycles. The SMILES string of the molecule is COc1ccc(CCNC(=O)COC(=O)c2c(Cl)ccc(Cl)c2Cl)cc1. The van der Waals surface area contributed by atoms with Gasteiger partial charge in [-0.3, -0.25) is 4.79 Å². The van der Waals surface area contributed by atoms with E-state index in [-0.39, 0.29) is 20.6 Å². The van der Waals surface area contributed by atoms with Gasteiger partial charge in [-0.25, -0.2) is 4.79 Å². The summed E-state index contributed by atoms with van der Waals surface area (Å²) < 4.78 is 10.0. The lowest BCUT2D eigenvalue weighted by molar-refractivity contribution is -0.124. The highest BCUT2D eigenvalue weighted by molar-refractivity contribution is 6.46. The van der Waals surface area contributed by atoms with Crippen molar-refractivity contribution < 1.29 is 19.1 Å². The van der Waals surface area contributed by atoms with Crippen molar-refractivity contribution in [2.24, 2.45) is 0 Å². The van der Waals surface area contributed by atoms with E-state index in [2.05, 4.69) is 5.32 Å². The number of esters is 1. The van der Waals surface area contributed by atoms with Gasteiger partial charge in [-0.15, -0.1) is 0 Å². The number of halogens is 3. The van der Waals surface area contributed by atoms with Gasteiger partial charge in [0.1, 0.15) is 5.75 Å². The molecular formula is C18H16Cl3NO4. The predicted molar refractivity (Wildman–Crippen MR) is 101 cm³/mol. The smallest absolute Gasteiger partial charge is 0.341 e. The first-order chi connectivity index (χ1) is 12.4. The van der Waals surface area contributed by atoms with E-state index in [1.165, 1.54) is 12.1 Å². The van der Waals surface area contributed by atoms with Gasteiger partial charge >= 0.3 is 5.97 Å². The molecule has 0 aliphatic carbocycles. The molecule has 0 saturated carbocycles. The van der Waals surface area contributed by atoms with Crippen LogP contribution in [0, 0.1) is 0 Å². The van der Waals surface area contributed by atoms with E-state index in [9.17, 15) is 9.59 Å². The molecule has 2 rings (SSSR count). The highest BCUT2D eigenvalue weighted by atomic mass is 35.5. The fourth-order valence-electron chi connectivity index (χ4n) is 2.11. The fraction of sp³-hybridized carbons (Fsp3) is 0.222. The molecule has 0 aromatic heterocycles. The molecule has 0 heterocycles. The van der Waals surface area contributed by atoms with E-state index < -0.39 is 18.5 Å². The second-order valence-corrected chi connectivity index (χ2v) is 6.43. The van der Waals surface area contributed by atoms with Crippen LogP contribution in [0.3, 0.4) is 0 Å². The Hall–Kier alpha value is -1.95. The summed E-state index contributed by atoms with van der Waals surface area (Å²) in [5, 5.41) is 2.93. The monoisotopic (exact) mass is 415 g/mol. The molecule has 0 fully saturated rings. The fourth-order valence-corrected chi connectivity index (χ4v) is 2.79. The number of benzene rings is 2. The van der Waals surface area contributed by atoms with Gasteiger partial charge < -0.3 is 14.8 Å². The zero-order valence-corrected chi connectivity index (χ0v) is 16.1. The molecule has 0 spiro atoms. The Morgan fingerprint density at radius 2 is 1.65 bits per heavy atom. The standard InChI is InChI=1S/C18H16Cl3NO4/c1-25-12-4-2-11(3-5-12)8-9-22-15(23)10-26-18(24)16-13(19)6-7-14(20)17(16)21/h2-7H,8-10H2,1H3,(H,22,23). The number of carbonyl (C=O) groups is 2. The van der Waals surface area contributed by atoms with Crippen molar-refractivity contribution in [3.05, 3.63) is 62.6 Å². The summed E-state index contributed by atoms with van der Waals surface area (Å²) >= 11 is 17.7. The van der Waals surface area contributed by atoms with Gasteiger partial charge in [0, 0.05) is 6.54 Å². The molecular weight excluding hydrogens is 401 g/mol. The Labute approximate surface area is 166 Å². The Bertz CT molecular complexity index is 794. The molecule has 0 unspecified atom stereocenters. The Kier molecular flexibility index (Phi) is 7.57. The topological polar surface area (TPSA) is 64.6 Å². The van der Waals surface area contributed by atoms with Crippen molar-refractivity contribution in [3.8, 4) is 5.75 Å². The quantitative estimate of drug-likeness (QED) is 0.543. The van der Waals surface area contributed by atoms with Crippen molar-refractivity contribution >= 4 is 46.7 Å². The van der Waals surface area contributed by atoms with E-state index in [1.54, 1.807) is 7.11 Å². The highest BCUT2D eigenvalue weighted by Crippen LogP contribution is 2.31. The molecule has 138 valence electrons. The summed E-state index contributed by atoms with van der Waals surface area (Å²) in [7, 11) is 1.60. The van der Waals surface area contributed by atoms with Crippen molar-refractivity contribution in [2.75, 3.05) is 20.3 Å². The summed E-state index contributed by atoms with van der Waals surface area (Å²) in [5.74, 6) is -0.475. The third kappa shape index (κ3) is 5.53. The largest absolute Gasteiger partial charge is 0.497 e. The van der Waals surface area contributed by atoms with Gasteiger partial charge in [0.15, 0.2) is 6.61 Å². The van der Waals surface area contributed by atoms with Crippen LogP contribution in [0.4, 0.5) is 0 Å². The number of methoxy groups -OCH3 is 1. The first-order valence-corrected chi connectivity index (χ1v) is 8.76. The van der Waals surface area contributed by atoms with Crippen LogP contribution in [-0.2, 0) is 16.0 Å². The zero-order chi connectivity index (χ0) is 19.1. The van der Waals surface area contributed by atoms with Crippen molar-refractivity contribution in [3.63, 3.8) is 0 Å². The van der Waals surface area contributed by atoms with Crippen LogP contribution in [0.5, 0.6) is 5.75 Å². The molecule has 0 atom stereocenters. The van der Waals surface area contributed by atoms with Crippen molar-refractivity contribution in [1.82, 2.24) is 5.32 Å². The van der Waals surface area contributed by atoms with E-state index in [0.717, 1.165) is 11.3 Å². The number of ether oxygens (including phenoxy) is 2. The Morgan fingerprint density at radius 1 is 1.00 bits per heavy atom. The van der Waals surface area contributed by atoms with Gasteiger partial charge in [-0.2, -0.15) is 0 Å². The summed E-state index contributed by atoms with van der Waals surface area (Å²) in [6, 6.07) is 10.4. The number of rotatable bonds is 7. The molecule has 0 bridgehead atoms. The minimum Gasteiger partial charge on any atom is -0.497 e. The molecule has 26 heavy (non-hydrogen) atoms. The van der Waals surface area contributed by atoms with E-state index in [4.69, 9.17) is 44.3 Å². The maximum absolute atomic E-state index is 12.1. The van der Waals surface area contributed by atoms with E-state index in [0.29, 0.717) is 13.0 Å². The molecule has 1 N–H and O–H groups in total. The van der Waals surface area contributed by atoms with Crippen LogP contribution >= 0.6 is 34.8 Å². The molecule has 8 heteroatoms. The molecule has 2 aromatic rings. The minimum absolute atomic E-state index is 0.0101. The van der Waals surface area contributed by atoms with Crippen LogP contribution in [-0.4, -0.2) is 32.1 Å². The zero-order valence-electron chi connectivity index (χ0n) is 13.9. The van der Waals surface area contributed by atoms with Crippen molar-refractivity contribution in [2.45, 2.75) is 6.42 Å². The van der Waals surface area contributed by atoms with E-state index >= 15 is 0 Å². The van der Waals surface area contributed by atoms with E-state index in [1.807, 2.05) is 24.3 Å². The Balaban J connectivity index is 1.79. The van der Waals surface area contributed by atoms with Crippen LogP contribution in [0.2, 0.25) is 15.1 Å². The van der Waals surface area contributed by atoms with Gasteiger partial charge in [-0.05, 0) is 36.2 Å². The third-order valence-electron chi connectivity index (χ3n) is 3.48. The predicted octanol–water partition coefficient (Wildman–Crippen LogP) is 4.17. The van der Waals surface area contributed by atoms with Crippen LogP contribution in [0.25, 0.3) is 0 Å². The first-order valence-electron chi connectivity index (χ1n) is 7.62. The number of hydrogen-bond acceptors (Lipinski definition) is 4. The molecule has 1 amide bonds. The normalized spacial score (nSPS) is 10.3. The lowest BCUT2D eigenvalue weighted by atomic mass is 10.1. The molecule has 2 aromatic carbocycles. The number of carbonyl (C=O) groups excluding carboxylic acids is 2. The lowest BCUT2D eigenvalue weighted by Crippen LogP contribution is -2.30. The highest BCUT2D eigenvalue weighted by Gasteiger charge is 2.19. The van der Waals surface area contributed by atoms with Gasteiger partial charge in [0.05, 0.1) is 27.7 Å². The third-order valence-corrected chi connectivity index (χ3v) is 4.60. The first kappa shape index (κ1) is 20.4. The van der Waals surface area contributed by atoms with Crippen LogP contribution in [0.1, 0.15) is 15.9 Å². The second-order valence-electron chi connectivity index (χ2n) is 5.24. The van der Waals surface area contributed by atoms with Gasteiger partial charge in [0.25, 0.3) is 5.91 Å². The summed E-state index contributed by atoms with van der Waals surface area (Å²) in [5.41, 5.74) is 0.979. The summed E-state index contributed by atoms with van der Waals surface area (Å²) in [6.45, 7) is -0.0397. The minimum atomic E-state index is -0.812. The second kappa shape index (κ2) is 9.67. The average molecular weight is 417 g/mol. The number of nitrogens with one attached hydrogen (secondary N) is 1. The van der Waals surface area contributed by atoms with Gasteiger partial charge in [0.2, 0.25) is 0 Å². The number of hydrogen-bond donors (Lipinski definition) is 1. The number of amides is 1. The van der Waals surface area contributed by atoms with Crippen molar-refractivity contribution in [1.29, 1.82) is 0 Å². The van der Waals surface area contributed by atoms with Gasteiger partial charge in [-0.1, -0.05) is 46.9 Å². The maximum Gasteiger partial charge on any atom is 0.341 e. The molecule has 5 nitrogen and oxygen atoms in total. The molecule has 0 aliphatic heterocycles. The van der Waals surface area contributed by atoms with Crippen LogP contribution < -0.4 is 10.1 Å². The molecule has 0 aliphatic rings. The average Bonchev–Trinajstić information content (AvgIpc) is 2.64.